The molecule has 0 spiro atoms. The van der Waals surface area contributed by atoms with Crippen LogP contribution in [0.3, 0.4) is 0 Å². The van der Waals surface area contributed by atoms with Crippen LogP contribution in [0.1, 0.15) is 76.1 Å². The van der Waals surface area contributed by atoms with E-state index in [4.69, 9.17) is 11.6 Å². The van der Waals surface area contributed by atoms with Crippen molar-refractivity contribution in [1.82, 2.24) is 14.7 Å². The third-order valence-electron chi connectivity index (χ3n) is 6.33. The highest BCUT2D eigenvalue weighted by atomic mass is 35.5. The van der Waals surface area contributed by atoms with Crippen molar-refractivity contribution in [3.63, 3.8) is 0 Å². The molecule has 2 aromatic carbocycles. The van der Waals surface area contributed by atoms with Gasteiger partial charge in [-0.25, -0.2) is 4.68 Å². The summed E-state index contributed by atoms with van der Waals surface area (Å²) in [6, 6.07) is 16.1. The first-order chi connectivity index (χ1) is 17.8. The lowest BCUT2D eigenvalue weighted by Gasteiger charge is -2.24. The smallest absolute Gasteiger partial charge is 0.282 e. The highest BCUT2D eigenvalue weighted by Gasteiger charge is 2.26. The zero-order valence-electron chi connectivity index (χ0n) is 22.1. The Morgan fingerprint density at radius 3 is 2.24 bits per heavy atom. The number of amides is 1. The Bertz CT molecular complexity index is 1210. The van der Waals surface area contributed by atoms with Crippen LogP contribution in [0.2, 0.25) is 5.02 Å². The maximum Gasteiger partial charge on any atom is 0.282 e. The molecule has 0 saturated heterocycles. The van der Waals surface area contributed by atoms with Gasteiger partial charge in [-0.2, -0.15) is 0 Å². The van der Waals surface area contributed by atoms with Crippen molar-refractivity contribution in [3.8, 4) is 16.9 Å². The van der Waals surface area contributed by atoms with E-state index in [1.807, 2.05) is 44.2 Å². The summed E-state index contributed by atoms with van der Waals surface area (Å²) in [5.41, 5.74) is 1.35. The van der Waals surface area contributed by atoms with Crippen molar-refractivity contribution < 1.29 is 9.59 Å². The van der Waals surface area contributed by atoms with Gasteiger partial charge in [-0.1, -0.05) is 94.8 Å². The number of nitrogens with zero attached hydrogens (tertiary/aromatic N) is 2. The summed E-state index contributed by atoms with van der Waals surface area (Å²) in [6.45, 7) is 6.57. The van der Waals surface area contributed by atoms with Gasteiger partial charge in [0.2, 0.25) is 5.91 Å². The summed E-state index contributed by atoms with van der Waals surface area (Å²) >= 11 is 6.03. The number of halogens is 1. The van der Waals surface area contributed by atoms with E-state index in [1.54, 1.807) is 29.2 Å². The normalized spacial score (nSPS) is 11.2. The number of hydrogen-bond donors (Lipinski definition) is 1. The van der Waals surface area contributed by atoms with E-state index < -0.39 is 5.56 Å². The van der Waals surface area contributed by atoms with Crippen LogP contribution in [0, 0.1) is 5.92 Å². The van der Waals surface area contributed by atoms with Crippen LogP contribution < -0.4 is 5.56 Å². The van der Waals surface area contributed by atoms with Gasteiger partial charge in [0.1, 0.15) is 5.56 Å². The average molecular weight is 524 g/mol. The Hall–Kier alpha value is -3.12. The largest absolute Gasteiger partial charge is 0.335 e. The number of aromatic nitrogens is 2. The molecule has 6 nitrogen and oxygen atoms in total. The van der Waals surface area contributed by atoms with Gasteiger partial charge >= 0.3 is 0 Å². The van der Waals surface area contributed by atoms with E-state index in [9.17, 15) is 14.4 Å². The Balaban J connectivity index is 1.87. The average Bonchev–Trinajstić information content (AvgIpc) is 3.23. The van der Waals surface area contributed by atoms with E-state index in [2.05, 4.69) is 12.0 Å². The number of nitrogens with one attached hydrogen (secondary N) is 1. The lowest BCUT2D eigenvalue weighted by molar-refractivity contribution is -0.131. The molecule has 1 amide bonds. The number of aromatic amines is 1. The molecule has 0 bridgehead atoms. The fourth-order valence-corrected chi connectivity index (χ4v) is 4.57. The predicted octanol–water partition coefficient (Wildman–Crippen LogP) is 6.90. The van der Waals surface area contributed by atoms with Crippen molar-refractivity contribution in [2.75, 3.05) is 13.1 Å². The topological polar surface area (TPSA) is 75.2 Å². The zero-order chi connectivity index (χ0) is 26.8. The summed E-state index contributed by atoms with van der Waals surface area (Å²) in [6.07, 6.45) is 6.96. The van der Waals surface area contributed by atoms with Gasteiger partial charge < -0.3 is 4.90 Å². The quantitative estimate of drug-likeness (QED) is 0.184. The Kier molecular flexibility index (Phi) is 10.8. The van der Waals surface area contributed by atoms with Crippen molar-refractivity contribution in [2.45, 2.75) is 65.7 Å². The number of benzene rings is 2. The van der Waals surface area contributed by atoms with E-state index >= 15 is 0 Å². The van der Waals surface area contributed by atoms with Crippen LogP contribution in [0.15, 0.2) is 59.4 Å². The number of rotatable bonds is 14. The molecule has 198 valence electrons. The lowest BCUT2D eigenvalue weighted by atomic mass is 10.0. The number of hydrogen-bond acceptors (Lipinski definition) is 3. The SMILES string of the molecule is CCCCCCCCC(=O)N(CC(=O)c1c(-c2ccccc2)[nH]n(-c2ccc(Cl)cc2)c1=O)CC(C)C. The molecule has 1 heterocycles. The second-order valence-electron chi connectivity index (χ2n) is 9.95. The number of H-pyrrole nitrogens is 1. The van der Waals surface area contributed by atoms with Crippen LogP contribution in [-0.4, -0.2) is 39.5 Å². The fourth-order valence-electron chi connectivity index (χ4n) is 4.44. The monoisotopic (exact) mass is 523 g/mol. The first-order valence-corrected chi connectivity index (χ1v) is 13.7. The second kappa shape index (κ2) is 14.0. The Morgan fingerprint density at radius 1 is 0.946 bits per heavy atom. The minimum atomic E-state index is -0.445. The van der Waals surface area contributed by atoms with Crippen LogP contribution in [-0.2, 0) is 4.79 Å². The maximum absolute atomic E-state index is 13.7. The van der Waals surface area contributed by atoms with Crippen LogP contribution >= 0.6 is 11.6 Å². The summed E-state index contributed by atoms with van der Waals surface area (Å²) in [7, 11) is 0. The molecule has 0 fully saturated rings. The summed E-state index contributed by atoms with van der Waals surface area (Å²) in [5.74, 6) is -0.205. The summed E-state index contributed by atoms with van der Waals surface area (Å²) < 4.78 is 1.36. The maximum atomic E-state index is 13.7. The molecule has 0 aliphatic heterocycles. The Morgan fingerprint density at radius 2 is 1.59 bits per heavy atom. The molecule has 1 N–H and O–H groups in total. The third-order valence-corrected chi connectivity index (χ3v) is 6.59. The number of Topliss-reactive ketones (excluding diaryl/α,β-unsaturated/α-hetero) is 1. The molecule has 7 heteroatoms. The first-order valence-electron chi connectivity index (χ1n) is 13.3. The minimum Gasteiger partial charge on any atom is -0.335 e. The molecule has 3 aromatic rings. The van der Waals surface area contributed by atoms with Gasteiger partial charge in [0.05, 0.1) is 17.9 Å². The van der Waals surface area contributed by atoms with Crippen molar-refractivity contribution in [3.05, 3.63) is 75.5 Å². The number of carbonyl (C=O) groups excluding carboxylic acids is 2. The van der Waals surface area contributed by atoms with Gasteiger partial charge in [-0.05, 0) is 36.6 Å². The first kappa shape index (κ1) is 28.5. The number of unbranched alkanes of at least 4 members (excludes halogenated alkanes) is 5. The molecule has 0 radical (unpaired) electrons. The molecule has 0 aliphatic rings. The van der Waals surface area contributed by atoms with Gasteiger partial charge in [-0.15, -0.1) is 0 Å². The van der Waals surface area contributed by atoms with Crippen LogP contribution in [0.25, 0.3) is 16.9 Å². The molecule has 37 heavy (non-hydrogen) atoms. The van der Waals surface area contributed by atoms with Crippen molar-refractivity contribution >= 4 is 23.3 Å². The van der Waals surface area contributed by atoms with Crippen LogP contribution in [0.4, 0.5) is 0 Å². The zero-order valence-corrected chi connectivity index (χ0v) is 22.9. The van der Waals surface area contributed by atoms with E-state index in [0.29, 0.717) is 29.4 Å². The lowest BCUT2D eigenvalue weighted by Crippen LogP contribution is -2.39. The standard InChI is InChI=1S/C30H38ClN3O3/c1-4-5-6-7-8-12-15-27(36)33(20-22(2)3)21-26(35)28-29(23-13-10-9-11-14-23)32-34(30(28)37)25-18-16-24(31)17-19-25/h9-11,13-14,16-19,22,32H,4-8,12,15,20-21H2,1-3H3. The predicted molar refractivity (Wildman–Crippen MR) is 151 cm³/mol. The highest BCUT2D eigenvalue weighted by molar-refractivity contribution is 6.30. The Labute approximate surface area is 224 Å². The van der Waals surface area contributed by atoms with E-state index in [0.717, 1.165) is 24.8 Å². The second-order valence-corrected chi connectivity index (χ2v) is 10.4. The molecule has 1 aromatic heterocycles. The van der Waals surface area contributed by atoms with E-state index in [1.165, 1.54) is 23.9 Å². The molecule has 0 aliphatic carbocycles. The van der Waals surface area contributed by atoms with E-state index in [-0.39, 0.29) is 29.7 Å². The fraction of sp³-hybridized carbons (Fsp3) is 0.433. The van der Waals surface area contributed by atoms with Gasteiger partial charge in [-0.3, -0.25) is 19.5 Å². The molecule has 0 atom stereocenters. The summed E-state index contributed by atoms with van der Waals surface area (Å²) in [5, 5.41) is 3.67. The van der Waals surface area contributed by atoms with Crippen LogP contribution in [0.5, 0.6) is 0 Å². The third kappa shape index (κ3) is 7.93. The minimum absolute atomic E-state index is 0.0348. The molecule has 3 rings (SSSR count). The van der Waals surface area contributed by atoms with Crippen molar-refractivity contribution in [2.24, 2.45) is 5.92 Å². The van der Waals surface area contributed by atoms with Gasteiger partial charge in [0, 0.05) is 23.6 Å². The van der Waals surface area contributed by atoms with Gasteiger partial charge in [0.25, 0.3) is 5.56 Å². The highest BCUT2D eigenvalue weighted by Crippen LogP contribution is 2.22. The number of ketones is 1. The van der Waals surface area contributed by atoms with Gasteiger partial charge in [0.15, 0.2) is 5.78 Å². The molecular formula is C30H38ClN3O3. The number of carbonyl (C=O) groups is 2. The molecule has 0 saturated carbocycles. The molecular weight excluding hydrogens is 486 g/mol. The molecule has 0 unspecified atom stereocenters. The summed E-state index contributed by atoms with van der Waals surface area (Å²) in [4.78, 5) is 41.9. The van der Waals surface area contributed by atoms with Crippen molar-refractivity contribution in [1.29, 1.82) is 0 Å².